The number of alkyl halides is 2. The molecule has 1 saturated heterocycles. The number of benzene rings is 1. The fourth-order valence-corrected chi connectivity index (χ4v) is 6.14. The van der Waals surface area contributed by atoms with Gasteiger partial charge in [-0.3, -0.25) is 4.79 Å². The SMILES string of the molecule is C=C(Nc1ncnc(CC(=O)NC23CCC(C2)C3)c1C1OCCO1)c1cccc2c1CCC2(F)F. The molecule has 0 spiro atoms. The average molecular weight is 483 g/mol. The number of amides is 1. The van der Waals surface area contributed by atoms with E-state index in [-0.39, 0.29) is 36.3 Å². The Morgan fingerprint density at radius 3 is 2.71 bits per heavy atom. The smallest absolute Gasteiger partial charge is 0.273 e. The van der Waals surface area contributed by atoms with Gasteiger partial charge in [0, 0.05) is 28.8 Å². The fraction of sp³-hybridized carbons (Fsp3) is 0.500. The minimum atomic E-state index is -2.84. The predicted molar refractivity (Wildman–Crippen MR) is 125 cm³/mol. The number of carbonyl (C=O) groups excluding carboxylic acids is 1. The van der Waals surface area contributed by atoms with E-state index in [1.165, 1.54) is 18.8 Å². The van der Waals surface area contributed by atoms with E-state index in [0.29, 0.717) is 47.1 Å². The first-order valence-corrected chi connectivity index (χ1v) is 12.2. The summed E-state index contributed by atoms with van der Waals surface area (Å²) in [6, 6.07) is 4.87. The van der Waals surface area contributed by atoms with Gasteiger partial charge in [-0.2, -0.15) is 0 Å². The Morgan fingerprint density at radius 1 is 1.17 bits per heavy atom. The van der Waals surface area contributed by atoms with Crippen LogP contribution in [-0.2, 0) is 33.0 Å². The zero-order valence-corrected chi connectivity index (χ0v) is 19.4. The normalized spacial score (nSPS) is 26.3. The number of hydrogen-bond acceptors (Lipinski definition) is 6. The van der Waals surface area contributed by atoms with Crippen LogP contribution in [-0.4, -0.2) is 34.6 Å². The molecule has 0 atom stereocenters. The maximum Gasteiger partial charge on any atom is 0.273 e. The molecular weight excluding hydrogens is 454 g/mol. The zero-order valence-electron chi connectivity index (χ0n) is 19.4. The van der Waals surface area contributed by atoms with Crippen LogP contribution in [0.1, 0.15) is 66.3 Å². The first-order chi connectivity index (χ1) is 16.8. The lowest BCUT2D eigenvalue weighted by Gasteiger charge is -2.39. The van der Waals surface area contributed by atoms with Crippen LogP contribution in [0.5, 0.6) is 0 Å². The molecule has 9 heteroatoms. The topological polar surface area (TPSA) is 85.4 Å². The number of nitrogens with zero attached hydrogens (tertiary/aromatic N) is 2. The monoisotopic (exact) mass is 482 g/mol. The number of fused-ring (bicyclic) bond motifs is 2. The van der Waals surface area contributed by atoms with Crippen molar-refractivity contribution in [3.63, 3.8) is 0 Å². The molecule has 2 bridgehead atoms. The van der Waals surface area contributed by atoms with Crippen LogP contribution in [0.15, 0.2) is 31.1 Å². The Bertz CT molecular complexity index is 1180. The van der Waals surface area contributed by atoms with Crippen molar-refractivity contribution >= 4 is 17.4 Å². The van der Waals surface area contributed by atoms with Crippen LogP contribution in [0.2, 0.25) is 0 Å². The Kier molecular flexibility index (Phi) is 5.37. The van der Waals surface area contributed by atoms with Crippen molar-refractivity contribution in [2.24, 2.45) is 5.92 Å². The number of aromatic nitrogens is 2. The number of hydrogen-bond donors (Lipinski definition) is 2. The van der Waals surface area contributed by atoms with Crippen LogP contribution in [0.3, 0.4) is 0 Å². The van der Waals surface area contributed by atoms with Gasteiger partial charge < -0.3 is 20.1 Å². The number of carbonyl (C=O) groups is 1. The van der Waals surface area contributed by atoms with Gasteiger partial charge in [-0.1, -0.05) is 24.8 Å². The van der Waals surface area contributed by atoms with Crippen LogP contribution in [0.25, 0.3) is 5.70 Å². The summed E-state index contributed by atoms with van der Waals surface area (Å²) in [5, 5.41) is 6.40. The van der Waals surface area contributed by atoms with Gasteiger partial charge in [-0.25, -0.2) is 18.7 Å². The van der Waals surface area contributed by atoms with E-state index in [2.05, 4.69) is 27.2 Å². The molecule has 4 aliphatic carbocycles. The standard InChI is InChI=1S/C26H28F2N4O3/c1-15(17-3-2-4-19-18(17)6-8-26(19,27)28)31-23-22(24-34-9-10-35-24)20(29-14-30-23)11-21(33)32-25-7-5-16(12-25)13-25/h2-4,14,16,24H,1,5-13H2,(H,32,33)(H,29,30,31). The van der Waals surface area contributed by atoms with Gasteiger partial charge in [0.15, 0.2) is 6.29 Å². The quantitative estimate of drug-likeness (QED) is 0.614. The highest BCUT2D eigenvalue weighted by molar-refractivity contribution is 5.81. The molecule has 7 nitrogen and oxygen atoms in total. The molecule has 1 aromatic heterocycles. The van der Waals surface area contributed by atoms with Crippen molar-refractivity contribution in [3.8, 4) is 0 Å². The first-order valence-electron chi connectivity index (χ1n) is 12.2. The van der Waals surface area contributed by atoms with Crippen molar-refractivity contribution in [1.29, 1.82) is 0 Å². The molecule has 5 aliphatic rings. The molecule has 7 rings (SSSR count). The van der Waals surface area contributed by atoms with Crippen LogP contribution in [0.4, 0.5) is 14.6 Å². The van der Waals surface area contributed by atoms with Gasteiger partial charge in [-0.05, 0) is 43.6 Å². The summed E-state index contributed by atoms with van der Waals surface area (Å²) in [6.45, 7) is 4.94. The number of ether oxygens (including phenoxy) is 2. The van der Waals surface area contributed by atoms with E-state index in [0.717, 1.165) is 25.2 Å². The molecule has 2 aromatic rings. The summed E-state index contributed by atoms with van der Waals surface area (Å²) in [6.07, 6.45) is 5.10. The molecule has 0 unspecified atom stereocenters. The lowest BCUT2D eigenvalue weighted by Crippen LogP contribution is -2.52. The van der Waals surface area contributed by atoms with E-state index in [1.807, 2.05) is 0 Å². The molecular formula is C26H28F2N4O3. The van der Waals surface area contributed by atoms with Crippen LogP contribution >= 0.6 is 0 Å². The highest BCUT2D eigenvalue weighted by Gasteiger charge is 2.51. The maximum atomic E-state index is 14.3. The number of anilines is 1. The van der Waals surface area contributed by atoms with Gasteiger partial charge in [0.2, 0.25) is 5.91 Å². The largest absolute Gasteiger partial charge is 0.350 e. The van der Waals surface area contributed by atoms with Crippen LogP contribution in [0, 0.1) is 5.92 Å². The second-order valence-electron chi connectivity index (χ2n) is 10.1. The number of halogens is 2. The van der Waals surface area contributed by atoms with Gasteiger partial charge in [-0.15, -0.1) is 0 Å². The molecule has 3 saturated carbocycles. The summed E-state index contributed by atoms with van der Waals surface area (Å²) < 4.78 is 40.1. The Balaban J connectivity index is 1.27. The molecule has 35 heavy (non-hydrogen) atoms. The second kappa shape index (κ2) is 8.34. The highest BCUT2D eigenvalue weighted by atomic mass is 19.3. The van der Waals surface area contributed by atoms with E-state index in [1.54, 1.807) is 12.1 Å². The predicted octanol–water partition coefficient (Wildman–Crippen LogP) is 4.24. The van der Waals surface area contributed by atoms with E-state index in [4.69, 9.17) is 9.47 Å². The lowest BCUT2D eigenvalue weighted by molar-refractivity contribution is -0.123. The average Bonchev–Trinajstić information content (AvgIpc) is 3.59. The van der Waals surface area contributed by atoms with Crippen molar-refractivity contribution in [2.45, 2.75) is 62.7 Å². The van der Waals surface area contributed by atoms with Crippen LogP contribution < -0.4 is 10.6 Å². The van der Waals surface area contributed by atoms with Gasteiger partial charge in [0.05, 0.1) is 30.9 Å². The third-order valence-corrected chi connectivity index (χ3v) is 7.80. The fourth-order valence-electron chi connectivity index (χ4n) is 6.14. The minimum Gasteiger partial charge on any atom is -0.350 e. The van der Waals surface area contributed by atoms with Gasteiger partial charge in [0.1, 0.15) is 12.1 Å². The molecule has 2 N–H and O–H groups in total. The van der Waals surface area contributed by atoms with Crippen molar-refractivity contribution in [1.82, 2.24) is 15.3 Å². The van der Waals surface area contributed by atoms with Crippen molar-refractivity contribution < 1.29 is 23.0 Å². The molecule has 0 radical (unpaired) electrons. The summed E-state index contributed by atoms with van der Waals surface area (Å²) in [5.41, 5.74) is 2.69. The van der Waals surface area contributed by atoms with Gasteiger partial charge >= 0.3 is 0 Å². The zero-order chi connectivity index (χ0) is 24.2. The molecule has 2 heterocycles. The van der Waals surface area contributed by atoms with Gasteiger partial charge in [0.25, 0.3) is 5.92 Å². The molecule has 1 aliphatic heterocycles. The highest BCUT2D eigenvalue weighted by Crippen LogP contribution is 2.51. The first kappa shape index (κ1) is 22.5. The number of rotatable bonds is 7. The van der Waals surface area contributed by atoms with E-state index >= 15 is 0 Å². The molecule has 4 fully saturated rings. The Hall–Kier alpha value is -2.91. The number of nitrogens with one attached hydrogen (secondary N) is 2. The summed E-state index contributed by atoms with van der Waals surface area (Å²) in [5.74, 6) is -1.79. The van der Waals surface area contributed by atoms with Crippen molar-refractivity contribution in [2.75, 3.05) is 18.5 Å². The molecule has 1 amide bonds. The third kappa shape index (κ3) is 4.00. The Labute approximate surface area is 202 Å². The lowest BCUT2D eigenvalue weighted by atomic mass is 9.77. The summed E-state index contributed by atoms with van der Waals surface area (Å²) in [4.78, 5) is 21.7. The van der Waals surface area contributed by atoms with Crippen molar-refractivity contribution in [3.05, 3.63) is 59.1 Å². The third-order valence-electron chi connectivity index (χ3n) is 7.80. The summed E-state index contributed by atoms with van der Waals surface area (Å²) in [7, 11) is 0. The molecule has 1 aromatic carbocycles. The maximum absolute atomic E-state index is 14.3. The molecule has 184 valence electrons. The Morgan fingerprint density at radius 2 is 1.97 bits per heavy atom. The minimum absolute atomic E-state index is 0.0465. The van der Waals surface area contributed by atoms with E-state index in [9.17, 15) is 13.6 Å². The van der Waals surface area contributed by atoms with E-state index < -0.39 is 12.2 Å². The summed E-state index contributed by atoms with van der Waals surface area (Å²) >= 11 is 0. The second-order valence-corrected chi connectivity index (χ2v) is 10.1.